The lowest BCUT2D eigenvalue weighted by Gasteiger charge is -2.24. The SMILES string of the molecule is COc1ccc(OC2CCCCO2)c(C)n1. The first-order valence-corrected chi connectivity index (χ1v) is 5.59. The van der Waals surface area contributed by atoms with Crippen molar-refractivity contribution in [2.45, 2.75) is 32.5 Å². The highest BCUT2D eigenvalue weighted by molar-refractivity contribution is 5.30. The predicted molar refractivity (Wildman–Crippen MR) is 59.7 cm³/mol. The van der Waals surface area contributed by atoms with Gasteiger partial charge in [-0.05, 0) is 25.8 Å². The van der Waals surface area contributed by atoms with E-state index in [4.69, 9.17) is 14.2 Å². The number of hydrogen-bond acceptors (Lipinski definition) is 4. The maximum atomic E-state index is 5.75. The summed E-state index contributed by atoms with van der Waals surface area (Å²) in [6.07, 6.45) is 3.11. The van der Waals surface area contributed by atoms with Gasteiger partial charge in [0.2, 0.25) is 5.88 Å². The quantitative estimate of drug-likeness (QED) is 0.788. The van der Waals surface area contributed by atoms with E-state index >= 15 is 0 Å². The van der Waals surface area contributed by atoms with E-state index in [1.54, 1.807) is 13.2 Å². The summed E-state index contributed by atoms with van der Waals surface area (Å²) in [5, 5.41) is 0. The Hall–Kier alpha value is -1.29. The van der Waals surface area contributed by atoms with Crippen LogP contribution in [0.25, 0.3) is 0 Å². The molecule has 4 heteroatoms. The molecule has 1 fully saturated rings. The number of hydrogen-bond donors (Lipinski definition) is 0. The van der Waals surface area contributed by atoms with Gasteiger partial charge in [0.15, 0.2) is 6.29 Å². The molecule has 0 aliphatic carbocycles. The second-order valence-corrected chi connectivity index (χ2v) is 3.85. The van der Waals surface area contributed by atoms with Gasteiger partial charge in [-0.2, -0.15) is 0 Å². The fraction of sp³-hybridized carbons (Fsp3) is 0.583. The van der Waals surface area contributed by atoms with Gasteiger partial charge < -0.3 is 14.2 Å². The van der Waals surface area contributed by atoms with E-state index in [2.05, 4.69) is 4.98 Å². The molecule has 1 aliphatic heterocycles. The highest BCUT2D eigenvalue weighted by Crippen LogP contribution is 2.23. The Labute approximate surface area is 95.5 Å². The minimum Gasteiger partial charge on any atom is -0.481 e. The van der Waals surface area contributed by atoms with Gasteiger partial charge in [0, 0.05) is 12.5 Å². The van der Waals surface area contributed by atoms with E-state index in [0.717, 1.165) is 37.3 Å². The van der Waals surface area contributed by atoms with E-state index < -0.39 is 0 Å². The number of methoxy groups -OCH3 is 1. The molecule has 0 saturated carbocycles. The van der Waals surface area contributed by atoms with Crippen molar-refractivity contribution < 1.29 is 14.2 Å². The van der Waals surface area contributed by atoms with Gasteiger partial charge in [-0.15, -0.1) is 0 Å². The molecule has 1 saturated heterocycles. The van der Waals surface area contributed by atoms with Crippen molar-refractivity contribution in [2.24, 2.45) is 0 Å². The summed E-state index contributed by atoms with van der Waals surface area (Å²) in [7, 11) is 1.60. The van der Waals surface area contributed by atoms with Gasteiger partial charge in [0.25, 0.3) is 0 Å². The van der Waals surface area contributed by atoms with Crippen LogP contribution in [0.4, 0.5) is 0 Å². The molecule has 2 rings (SSSR count). The van der Waals surface area contributed by atoms with Crippen molar-refractivity contribution in [3.8, 4) is 11.6 Å². The van der Waals surface area contributed by atoms with Crippen molar-refractivity contribution in [1.82, 2.24) is 4.98 Å². The molecule has 1 unspecified atom stereocenters. The van der Waals surface area contributed by atoms with Crippen LogP contribution < -0.4 is 9.47 Å². The molecule has 1 aromatic heterocycles. The van der Waals surface area contributed by atoms with Crippen LogP contribution in [0.15, 0.2) is 12.1 Å². The number of nitrogens with zero attached hydrogens (tertiary/aromatic N) is 1. The first-order chi connectivity index (χ1) is 7.79. The molecular weight excluding hydrogens is 206 g/mol. The van der Waals surface area contributed by atoms with Crippen LogP contribution in [0.5, 0.6) is 11.6 Å². The molecule has 2 heterocycles. The number of rotatable bonds is 3. The average Bonchev–Trinajstić information content (AvgIpc) is 2.33. The van der Waals surface area contributed by atoms with Crippen LogP contribution >= 0.6 is 0 Å². The van der Waals surface area contributed by atoms with Gasteiger partial charge in [0.05, 0.1) is 19.4 Å². The van der Waals surface area contributed by atoms with E-state index in [0.29, 0.717) is 5.88 Å². The smallest absolute Gasteiger partial charge is 0.213 e. The number of ether oxygens (including phenoxy) is 3. The van der Waals surface area contributed by atoms with Crippen LogP contribution in [0.3, 0.4) is 0 Å². The first-order valence-electron chi connectivity index (χ1n) is 5.59. The molecule has 0 amide bonds. The van der Waals surface area contributed by atoms with Gasteiger partial charge in [-0.1, -0.05) is 0 Å². The minimum absolute atomic E-state index is 0.123. The Morgan fingerprint density at radius 1 is 1.38 bits per heavy atom. The summed E-state index contributed by atoms with van der Waals surface area (Å²) in [6.45, 7) is 2.69. The largest absolute Gasteiger partial charge is 0.481 e. The van der Waals surface area contributed by atoms with E-state index in [1.807, 2.05) is 13.0 Å². The number of aromatic nitrogens is 1. The molecule has 0 bridgehead atoms. The van der Waals surface area contributed by atoms with E-state index in [1.165, 1.54) is 0 Å². The molecule has 1 aromatic rings. The Bertz CT molecular complexity index is 348. The first kappa shape index (κ1) is 11.2. The van der Waals surface area contributed by atoms with Crippen molar-refractivity contribution in [3.63, 3.8) is 0 Å². The summed E-state index contributed by atoms with van der Waals surface area (Å²) in [6, 6.07) is 3.67. The zero-order valence-electron chi connectivity index (χ0n) is 9.73. The van der Waals surface area contributed by atoms with Crippen LogP contribution in [-0.2, 0) is 4.74 Å². The molecule has 16 heavy (non-hydrogen) atoms. The lowest BCUT2D eigenvalue weighted by atomic mass is 10.2. The van der Waals surface area contributed by atoms with Crippen molar-refractivity contribution in [2.75, 3.05) is 13.7 Å². The second kappa shape index (κ2) is 5.16. The minimum atomic E-state index is -0.123. The predicted octanol–water partition coefficient (Wildman–Crippen LogP) is 2.30. The van der Waals surface area contributed by atoms with Gasteiger partial charge >= 0.3 is 0 Å². The van der Waals surface area contributed by atoms with E-state index in [-0.39, 0.29) is 6.29 Å². The Morgan fingerprint density at radius 2 is 2.25 bits per heavy atom. The van der Waals surface area contributed by atoms with Gasteiger partial charge in [-0.25, -0.2) is 4.98 Å². The average molecular weight is 223 g/mol. The van der Waals surface area contributed by atoms with Crippen LogP contribution in [0.2, 0.25) is 0 Å². The molecule has 88 valence electrons. The molecular formula is C12H17NO3. The maximum Gasteiger partial charge on any atom is 0.213 e. The fourth-order valence-corrected chi connectivity index (χ4v) is 1.71. The van der Waals surface area contributed by atoms with E-state index in [9.17, 15) is 0 Å². The molecule has 4 nitrogen and oxygen atoms in total. The summed E-state index contributed by atoms with van der Waals surface area (Å²) in [5.41, 5.74) is 0.827. The summed E-state index contributed by atoms with van der Waals surface area (Å²) in [5.74, 6) is 1.38. The van der Waals surface area contributed by atoms with Crippen molar-refractivity contribution in [3.05, 3.63) is 17.8 Å². The van der Waals surface area contributed by atoms with Crippen LogP contribution in [-0.4, -0.2) is 25.0 Å². The molecule has 0 aromatic carbocycles. The Balaban J connectivity index is 2.03. The maximum absolute atomic E-state index is 5.75. The normalized spacial score (nSPS) is 20.5. The van der Waals surface area contributed by atoms with Gasteiger partial charge in [-0.3, -0.25) is 0 Å². The lowest BCUT2D eigenvalue weighted by Crippen LogP contribution is -2.25. The lowest BCUT2D eigenvalue weighted by molar-refractivity contribution is -0.106. The third kappa shape index (κ3) is 2.64. The highest BCUT2D eigenvalue weighted by atomic mass is 16.7. The van der Waals surface area contributed by atoms with Gasteiger partial charge in [0.1, 0.15) is 5.75 Å². The van der Waals surface area contributed by atoms with Crippen LogP contribution in [0.1, 0.15) is 25.0 Å². The molecule has 0 N–H and O–H groups in total. The fourth-order valence-electron chi connectivity index (χ4n) is 1.71. The van der Waals surface area contributed by atoms with Crippen molar-refractivity contribution >= 4 is 0 Å². The Kier molecular flexibility index (Phi) is 3.62. The summed E-state index contributed by atoms with van der Waals surface area (Å²) in [4.78, 5) is 4.25. The summed E-state index contributed by atoms with van der Waals surface area (Å²) < 4.78 is 16.3. The third-order valence-electron chi connectivity index (χ3n) is 2.62. The monoisotopic (exact) mass is 223 g/mol. The second-order valence-electron chi connectivity index (χ2n) is 3.85. The zero-order valence-corrected chi connectivity index (χ0v) is 9.73. The standard InChI is InChI=1S/C12H17NO3/c1-9-10(6-7-11(13-9)14-2)16-12-5-3-4-8-15-12/h6-7,12H,3-5,8H2,1-2H3. The molecule has 1 atom stereocenters. The zero-order chi connectivity index (χ0) is 11.4. The third-order valence-corrected chi connectivity index (χ3v) is 2.62. The Morgan fingerprint density at radius 3 is 2.88 bits per heavy atom. The molecule has 0 spiro atoms. The number of aryl methyl sites for hydroxylation is 1. The molecule has 1 aliphatic rings. The van der Waals surface area contributed by atoms with Crippen molar-refractivity contribution in [1.29, 1.82) is 0 Å². The topological polar surface area (TPSA) is 40.6 Å². The molecule has 0 radical (unpaired) electrons. The number of pyridine rings is 1. The summed E-state index contributed by atoms with van der Waals surface area (Å²) >= 11 is 0. The highest BCUT2D eigenvalue weighted by Gasteiger charge is 2.16. The van der Waals surface area contributed by atoms with Crippen LogP contribution in [0, 0.1) is 6.92 Å².